The van der Waals surface area contributed by atoms with Gasteiger partial charge in [-0.05, 0) is 24.3 Å². The van der Waals surface area contributed by atoms with Gasteiger partial charge in [0, 0.05) is 25.2 Å². The third kappa shape index (κ3) is 7.97. The summed E-state index contributed by atoms with van der Waals surface area (Å²) in [5.41, 5.74) is 0.980. The molecule has 1 aromatic rings. The smallest absolute Gasteiger partial charge is 0.338 e. The minimum absolute atomic E-state index is 0. The van der Waals surface area contributed by atoms with Crippen molar-refractivity contribution in [2.75, 3.05) is 18.5 Å². The van der Waals surface area contributed by atoms with Crippen molar-refractivity contribution in [2.45, 2.75) is 32.9 Å². The van der Waals surface area contributed by atoms with Crippen LogP contribution in [0.15, 0.2) is 24.3 Å². The van der Waals surface area contributed by atoms with Crippen molar-refractivity contribution in [3.8, 4) is 0 Å². The quantitative estimate of drug-likeness (QED) is 0.661. The molecule has 124 valence electrons. The molecule has 0 saturated carbocycles. The molecular weight excluding hydrogens is 308 g/mol. The first-order valence-electron chi connectivity index (χ1n) is 6.84. The Labute approximate surface area is 136 Å². The molecule has 0 aliphatic heterocycles. The van der Waals surface area contributed by atoms with Gasteiger partial charge in [-0.1, -0.05) is 13.8 Å². The van der Waals surface area contributed by atoms with Gasteiger partial charge in [0.1, 0.15) is 12.7 Å². The van der Waals surface area contributed by atoms with Gasteiger partial charge < -0.3 is 20.5 Å². The lowest BCUT2D eigenvalue weighted by atomic mass is 10.2. The van der Waals surface area contributed by atoms with Crippen molar-refractivity contribution in [3.05, 3.63) is 29.8 Å². The van der Waals surface area contributed by atoms with Crippen LogP contribution in [-0.2, 0) is 9.53 Å². The number of anilines is 1. The van der Waals surface area contributed by atoms with E-state index >= 15 is 0 Å². The van der Waals surface area contributed by atoms with Gasteiger partial charge in [0.2, 0.25) is 5.91 Å². The number of carbonyl (C=O) groups excluding carboxylic acids is 2. The summed E-state index contributed by atoms with van der Waals surface area (Å²) >= 11 is 0. The molecule has 1 unspecified atom stereocenters. The van der Waals surface area contributed by atoms with Gasteiger partial charge in [-0.15, -0.1) is 12.4 Å². The largest absolute Gasteiger partial charge is 0.459 e. The van der Waals surface area contributed by atoms with Crippen LogP contribution in [-0.4, -0.2) is 42.3 Å². The SMILES string of the molecule is CC(=O)Nc1ccc(C(=O)OCC(O)CNC(C)C)cc1.Cl. The highest BCUT2D eigenvalue weighted by Gasteiger charge is 2.11. The molecule has 0 radical (unpaired) electrons. The molecule has 0 saturated heterocycles. The number of ether oxygens (including phenoxy) is 1. The molecule has 1 amide bonds. The van der Waals surface area contributed by atoms with Gasteiger partial charge in [0.25, 0.3) is 0 Å². The second-order valence-electron chi connectivity index (χ2n) is 5.07. The summed E-state index contributed by atoms with van der Waals surface area (Å²) in [5.74, 6) is -0.681. The van der Waals surface area contributed by atoms with Crippen LogP contribution in [0.25, 0.3) is 0 Å². The number of nitrogens with one attached hydrogen (secondary N) is 2. The molecular formula is C15H23ClN2O4. The van der Waals surface area contributed by atoms with E-state index in [4.69, 9.17) is 4.74 Å². The average molecular weight is 331 g/mol. The van der Waals surface area contributed by atoms with Crippen LogP contribution in [0.3, 0.4) is 0 Å². The Bertz CT molecular complexity index is 477. The molecule has 0 fully saturated rings. The van der Waals surface area contributed by atoms with E-state index in [2.05, 4.69) is 10.6 Å². The average Bonchev–Trinajstić information content (AvgIpc) is 2.42. The maximum Gasteiger partial charge on any atom is 0.338 e. The third-order valence-corrected chi connectivity index (χ3v) is 2.61. The third-order valence-electron chi connectivity index (χ3n) is 2.61. The molecule has 0 aliphatic carbocycles. The number of hydrogen-bond acceptors (Lipinski definition) is 5. The highest BCUT2D eigenvalue weighted by Crippen LogP contribution is 2.10. The van der Waals surface area contributed by atoms with Crippen molar-refractivity contribution in [1.29, 1.82) is 0 Å². The van der Waals surface area contributed by atoms with E-state index in [1.54, 1.807) is 24.3 Å². The molecule has 1 rings (SSSR count). The zero-order valence-electron chi connectivity index (χ0n) is 13.0. The van der Waals surface area contributed by atoms with Gasteiger partial charge in [-0.2, -0.15) is 0 Å². The van der Waals surface area contributed by atoms with E-state index in [1.807, 2.05) is 13.8 Å². The highest BCUT2D eigenvalue weighted by atomic mass is 35.5. The van der Waals surface area contributed by atoms with E-state index in [1.165, 1.54) is 6.92 Å². The van der Waals surface area contributed by atoms with Crippen LogP contribution in [0.5, 0.6) is 0 Å². The lowest BCUT2D eigenvalue weighted by Crippen LogP contribution is -2.35. The number of halogens is 1. The zero-order chi connectivity index (χ0) is 15.8. The first kappa shape index (κ1) is 20.4. The number of amides is 1. The predicted octanol–water partition coefficient (Wildman–Crippen LogP) is 1.58. The van der Waals surface area contributed by atoms with E-state index in [9.17, 15) is 14.7 Å². The van der Waals surface area contributed by atoms with Crippen LogP contribution < -0.4 is 10.6 Å². The fourth-order valence-electron chi connectivity index (χ4n) is 1.58. The Kier molecular flexibility index (Phi) is 9.40. The Morgan fingerprint density at radius 2 is 1.82 bits per heavy atom. The van der Waals surface area contributed by atoms with Gasteiger partial charge in [-0.3, -0.25) is 4.79 Å². The van der Waals surface area contributed by atoms with Gasteiger partial charge >= 0.3 is 5.97 Å². The summed E-state index contributed by atoms with van der Waals surface area (Å²) in [6.45, 7) is 5.65. The van der Waals surface area contributed by atoms with Gasteiger partial charge in [0.15, 0.2) is 0 Å². The van der Waals surface area contributed by atoms with Gasteiger partial charge in [-0.25, -0.2) is 4.79 Å². The molecule has 0 heterocycles. The Morgan fingerprint density at radius 3 is 2.32 bits per heavy atom. The Morgan fingerprint density at radius 1 is 1.23 bits per heavy atom. The number of aliphatic hydroxyl groups excluding tert-OH is 1. The maximum atomic E-state index is 11.8. The number of hydrogen-bond donors (Lipinski definition) is 3. The summed E-state index contributed by atoms with van der Waals surface area (Å²) in [7, 11) is 0. The van der Waals surface area contributed by atoms with Crippen LogP contribution in [0.1, 0.15) is 31.1 Å². The number of esters is 1. The molecule has 7 heteroatoms. The summed E-state index contributed by atoms with van der Waals surface area (Å²) in [4.78, 5) is 22.7. The normalized spacial score (nSPS) is 11.5. The molecule has 0 spiro atoms. The van der Waals surface area contributed by atoms with Crippen molar-refractivity contribution < 1.29 is 19.4 Å². The van der Waals surface area contributed by atoms with Gasteiger partial charge in [0.05, 0.1) is 5.56 Å². The van der Waals surface area contributed by atoms with E-state index in [0.29, 0.717) is 17.8 Å². The van der Waals surface area contributed by atoms with E-state index in [0.717, 1.165) is 0 Å². The number of benzene rings is 1. The number of carbonyl (C=O) groups is 2. The first-order chi connectivity index (χ1) is 9.88. The minimum Gasteiger partial charge on any atom is -0.459 e. The summed E-state index contributed by atoms with van der Waals surface area (Å²) in [6, 6.07) is 6.62. The fourth-order valence-corrected chi connectivity index (χ4v) is 1.58. The van der Waals surface area contributed by atoms with Crippen LogP contribution in [0, 0.1) is 0 Å². The highest BCUT2D eigenvalue weighted by molar-refractivity contribution is 5.92. The van der Waals surface area contributed by atoms with Crippen molar-refractivity contribution in [1.82, 2.24) is 5.32 Å². The summed E-state index contributed by atoms with van der Waals surface area (Å²) < 4.78 is 5.03. The number of aliphatic hydroxyl groups is 1. The maximum absolute atomic E-state index is 11.8. The van der Waals surface area contributed by atoms with Crippen molar-refractivity contribution in [3.63, 3.8) is 0 Å². The van der Waals surface area contributed by atoms with Crippen LogP contribution in [0.4, 0.5) is 5.69 Å². The van der Waals surface area contributed by atoms with Crippen LogP contribution in [0.2, 0.25) is 0 Å². The van der Waals surface area contributed by atoms with E-state index < -0.39 is 12.1 Å². The number of rotatable bonds is 7. The van der Waals surface area contributed by atoms with Crippen molar-refractivity contribution >= 4 is 30.0 Å². The fraction of sp³-hybridized carbons (Fsp3) is 0.467. The minimum atomic E-state index is -0.741. The van der Waals surface area contributed by atoms with E-state index in [-0.39, 0.29) is 31.0 Å². The molecule has 3 N–H and O–H groups in total. The molecule has 6 nitrogen and oxygen atoms in total. The molecule has 0 aromatic heterocycles. The standard InChI is InChI=1S/C15H22N2O4.ClH/c1-10(2)16-8-14(19)9-21-15(20)12-4-6-13(7-5-12)17-11(3)18;/h4-7,10,14,16,19H,8-9H2,1-3H3,(H,17,18);1H. The Balaban J connectivity index is 0.00000441. The summed E-state index contributed by atoms with van der Waals surface area (Å²) in [6.07, 6.45) is -0.741. The second kappa shape index (κ2) is 10.2. The molecule has 1 atom stereocenters. The van der Waals surface area contributed by atoms with Crippen molar-refractivity contribution in [2.24, 2.45) is 0 Å². The lowest BCUT2D eigenvalue weighted by molar-refractivity contribution is -0.114. The predicted molar refractivity (Wildman–Crippen MR) is 87.4 cm³/mol. The monoisotopic (exact) mass is 330 g/mol. The lowest BCUT2D eigenvalue weighted by Gasteiger charge is -2.14. The zero-order valence-corrected chi connectivity index (χ0v) is 13.8. The molecule has 0 bridgehead atoms. The molecule has 22 heavy (non-hydrogen) atoms. The Hall–Kier alpha value is -1.63. The first-order valence-corrected chi connectivity index (χ1v) is 6.84. The second-order valence-corrected chi connectivity index (χ2v) is 5.07. The topological polar surface area (TPSA) is 87.7 Å². The molecule has 0 aliphatic rings. The van der Waals surface area contributed by atoms with Crippen LogP contribution >= 0.6 is 12.4 Å². The molecule has 1 aromatic carbocycles. The summed E-state index contributed by atoms with van der Waals surface area (Å²) in [5, 5.41) is 15.3.